The van der Waals surface area contributed by atoms with Crippen LogP contribution in [-0.4, -0.2) is 76.6 Å². The standard InChI is InChI=1S/C51H60N8O12/c1-6-51(34-20-37-44-32(22-59(37)47(64)33(34)24-67-48(51)65)42(29-9-7-10-29)31-19-39-40(70-25-69-39)21-36(31)56-44)71-50(66)68-23-28-12-14-30(15-13-28)55-45(62)35(11-8-18-54-49(52)53)57-46(63)43(27(4)5)58-41(61)17-16-38(60)26(2)3/h12-15,19-21,26-27,29,35,43H,6-11,16-18,22-25H2,1-5H3,(H,55,62)(H,57,63)(H,58,61)(H4,52,53,54)/t35-,43-,51-/m0/s1. The van der Waals surface area contributed by atoms with E-state index in [9.17, 15) is 33.6 Å². The molecular weight excluding hydrogens is 917 g/mol. The monoisotopic (exact) mass is 976 g/mol. The third-order valence-electron chi connectivity index (χ3n) is 13.6. The average molecular weight is 977 g/mol. The van der Waals surface area contributed by atoms with Gasteiger partial charge in [0.15, 0.2) is 17.5 Å². The van der Waals surface area contributed by atoms with Crippen molar-refractivity contribution in [1.29, 1.82) is 0 Å². The van der Waals surface area contributed by atoms with Crippen LogP contribution in [0.4, 0.5) is 10.5 Å². The van der Waals surface area contributed by atoms with E-state index in [1.807, 2.05) is 12.1 Å². The predicted octanol–water partition coefficient (Wildman–Crippen LogP) is 5.06. The zero-order chi connectivity index (χ0) is 50.7. The molecule has 1 fully saturated rings. The van der Waals surface area contributed by atoms with Gasteiger partial charge in [-0.2, -0.15) is 0 Å². The van der Waals surface area contributed by atoms with Crippen LogP contribution < -0.4 is 42.5 Å². The van der Waals surface area contributed by atoms with Gasteiger partial charge in [0.05, 0.1) is 29.0 Å². The molecule has 3 amide bonds. The molecule has 0 saturated heterocycles. The molecule has 4 aliphatic rings. The van der Waals surface area contributed by atoms with Gasteiger partial charge in [0.25, 0.3) is 5.56 Å². The lowest BCUT2D eigenvalue weighted by Gasteiger charge is -2.35. The number of ketones is 1. The molecule has 3 atom stereocenters. The number of Topliss-reactive ketones (excluding diaryl/α,β-unsaturated/α-hetero) is 1. The fraction of sp³-hybridized carbons (Fsp3) is 0.471. The Morgan fingerprint density at radius 3 is 2.32 bits per heavy atom. The molecule has 5 heterocycles. The second-order valence-corrected chi connectivity index (χ2v) is 19.0. The third-order valence-corrected chi connectivity index (χ3v) is 13.6. The van der Waals surface area contributed by atoms with Gasteiger partial charge in [-0.25, -0.2) is 14.6 Å². The molecule has 71 heavy (non-hydrogen) atoms. The fourth-order valence-corrected chi connectivity index (χ4v) is 9.39. The van der Waals surface area contributed by atoms with Crippen molar-refractivity contribution >= 4 is 58.2 Å². The summed E-state index contributed by atoms with van der Waals surface area (Å²) in [5, 5.41) is 9.20. The van der Waals surface area contributed by atoms with Crippen molar-refractivity contribution in [3.63, 3.8) is 0 Å². The van der Waals surface area contributed by atoms with Gasteiger partial charge in [0.1, 0.15) is 31.1 Å². The number of guanidine groups is 1. The maximum atomic E-state index is 14.4. The van der Waals surface area contributed by atoms with Crippen molar-refractivity contribution in [2.75, 3.05) is 18.7 Å². The minimum Gasteiger partial charge on any atom is -0.457 e. The Bertz CT molecular complexity index is 2870. The number of nitrogens with zero attached hydrogens (tertiary/aromatic N) is 3. The number of esters is 1. The van der Waals surface area contributed by atoms with E-state index in [1.165, 1.54) is 0 Å². The van der Waals surface area contributed by atoms with E-state index < -0.39 is 47.5 Å². The van der Waals surface area contributed by atoms with Crippen molar-refractivity contribution in [3.8, 4) is 22.9 Å². The van der Waals surface area contributed by atoms with Crippen LogP contribution in [0.25, 0.3) is 22.3 Å². The highest BCUT2D eigenvalue weighted by Gasteiger charge is 2.51. The largest absolute Gasteiger partial charge is 0.510 e. The van der Waals surface area contributed by atoms with Crippen LogP contribution in [0.15, 0.2) is 52.3 Å². The number of rotatable bonds is 19. The number of cyclic esters (lactones) is 1. The van der Waals surface area contributed by atoms with Crippen molar-refractivity contribution in [2.24, 2.45) is 28.3 Å². The van der Waals surface area contributed by atoms with Gasteiger partial charge in [-0.3, -0.25) is 29.0 Å². The molecule has 376 valence electrons. The molecule has 4 aromatic rings. The Balaban J connectivity index is 0.946. The first-order valence-corrected chi connectivity index (χ1v) is 24.1. The van der Waals surface area contributed by atoms with Crippen LogP contribution in [-0.2, 0) is 63.5 Å². The molecule has 2 aromatic carbocycles. The molecule has 0 radical (unpaired) electrons. The summed E-state index contributed by atoms with van der Waals surface area (Å²) in [5.74, 6) is -1.70. The summed E-state index contributed by atoms with van der Waals surface area (Å²) >= 11 is 0. The van der Waals surface area contributed by atoms with Crippen LogP contribution in [0.2, 0.25) is 0 Å². The van der Waals surface area contributed by atoms with E-state index in [4.69, 9.17) is 40.1 Å². The quantitative estimate of drug-likeness (QED) is 0.0313. The average Bonchev–Trinajstić information content (AvgIpc) is 3.94. The Morgan fingerprint density at radius 2 is 1.66 bits per heavy atom. The lowest BCUT2D eigenvalue weighted by atomic mass is 9.76. The summed E-state index contributed by atoms with van der Waals surface area (Å²) in [4.78, 5) is 103. The fourth-order valence-electron chi connectivity index (χ4n) is 9.39. The molecule has 1 saturated carbocycles. The highest BCUT2D eigenvalue weighted by atomic mass is 16.7. The Labute approximate surface area is 409 Å². The molecule has 20 heteroatoms. The molecule has 7 N–H and O–H groups in total. The van der Waals surface area contributed by atoms with Crippen LogP contribution in [0.5, 0.6) is 11.5 Å². The number of ether oxygens (including phenoxy) is 5. The number of benzene rings is 2. The van der Waals surface area contributed by atoms with E-state index >= 15 is 0 Å². The molecule has 0 spiro atoms. The Kier molecular flexibility index (Phi) is 14.6. The number of hydrogen-bond acceptors (Lipinski definition) is 14. The van der Waals surface area contributed by atoms with Crippen molar-refractivity contribution in [2.45, 2.75) is 129 Å². The van der Waals surface area contributed by atoms with Gasteiger partial charge in [-0.05, 0) is 79.3 Å². The van der Waals surface area contributed by atoms with Crippen molar-refractivity contribution in [3.05, 3.63) is 80.6 Å². The molecular formula is C51H60N8O12. The third kappa shape index (κ3) is 10.4. The van der Waals surface area contributed by atoms with E-state index in [-0.39, 0.29) is 105 Å². The summed E-state index contributed by atoms with van der Waals surface area (Å²) < 4.78 is 30.0. The number of amides is 3. The van der Waals surface area contributed by atoms with E-state index in [0.29, 0.717) is 46.1 Å². The summed E-state index contributed by atoms with van der Waals surface area (Å²) in [6, 6.07) is 9.84. The predicted molar refractivity (Wildman–Crippen MR) is 259 cm³/mol. The van der Waals surface area contributed by atoms with Gasteiger partial charge in [-0.15, -0.1) is 0 Å². The second-order valence-electron chi connectivity index (χ2n) is 19.0. The van der Waals surface area contributed by atoms with Crippen molar-refractivity contribution in [1.82, 2.24) is 20.2 Å². The first-order valence-electron chi connectivity index (χ1n) is 24.1. The van der Waals surface area contributed by atoms with Crippen molar-refractivity contribution < 1.29 is 52.5 Å². The molecule has 0 unspecified atom stereocenters. The smallest absolute Gasteiger partial charge is 0.457 e. The lowest BCUT2D eigenvalue weighted by molar-refractivity contribution is -0.175. The molecule has 8 rings (SSSR count). The number of carbonyl (C=O) groups excluding carboxylic acids is 6. The highest BCUT2D eigenvalue weighted by Crippen LogP contribution is 2.49. The second kappa shape index (κ2) is 20.8. The molecule has 20 nitrogen and oxygen atoms in total. The zero-order valence-electron chi connectivity index (χ0n) is 40.5. The number of nitrogens with one attached hydrogen (secondary N) is 3. The number of aromatic nitrogens is 2. The first-order chi connectivity index (χ1) is 34.0. The highest BCUT2D eigenvalue weighted by molar-refractivity contribution is 5.99. The minimum atomic E-state index is -2.00. The van der Waals surface area contributed by atoms with E-state index in [1.54, 1.807) is 69.5 Å². The number of nitrogens with two attached hydrogens (primary N) is 2. The molecule has 0 bridgehead atoms. The minimum absolute atomic E-state index is 0.0417. The summed E-state index contributed by atoms with van der Waals surface area (Å²) in [6.45, 7) is 8.65. The van der Waals surface area contributed by atoms with Crippen LogP contribution in [0, 0.1) is 11.8 Å². The summed E-state index contributed by atoms with van der Waals surface area (Å²) in [6.07, 6.45) is 2.29. The lowest BCUT2D eigenvalue weighted by Crippen LogP contribution is -2.54. The number of aliphatic imine (C=N–C) groups is 1. The van der Waals surface area contributed by atoms with Gasteiger partial charge < -0.3 is 55.7 Å². The van der Waals surface area contributed by atoms with Crippen LogP contribution in [0.1, 0.15) is 120 Å². The number of hydrogen-bond donors (Lipinski definition) is 5. The van der Waals surface area contributed by atoms with Gasteiger partial charge >= 0.3 is 12.1 Å². The topological polar surface area (TPSA) is 284 Å². The van der Waals surface area contributed by atoms with E-state index in [0.717, 1.165) is 35.8 Å². The summed E-state index contributed by atoms with van der Waals surface area (Å²) in [7, 11) is 0. The number of carbonyl (C=O) groups is 6. The molecule has 2 aromatic heterocycles. The van der Waals surface area contributed by atoms with Gasteiger partial charge in [-0.1, -0.05) is 53.2 Å². The van der Waals surface area contributed by atoms with Gasteiger partial charge in [0, 0.05) is 53.6 Å². The number of pyridine rings is 2. The van der Waals surface area contributed by atoms with E-state index in [2.05, 4.69) is 20.9 Å². The first kappa shape index (κ1) is 49.9. The molecule has 1 aliphatic carbocycles. The maximum absolute atomic E-state index is 14.4. The number of anilines is 1. The Morgan fingerprint density at radius 1 is 0.930 bits per heavy atom. The van der Waals surface area contributed by atoms with Crippen LogP contribution >= 0.6 is 0 Å². The summed E-state index contributed by atoms with van der Waals surface area (Å²) in [5.41, 5.74) is 13.7. The zero-order valence-corrected chi connectivity index (χ0v) is 40.5. The van der Waals surface area contributed by atoms with Gasteiger partial charge in [0.2, 0.25) is 30.1 Å². The number of fused-ring (bicyclic) bond motifs is 6. The Hall–Kier alpha value is -7.51. The molecule has 3 aliphatic heterocycles. The maximum Gasteiger partial charge on any atom is 0.510 e. The SMILES string of the molecule is CC[C@@]1(OC(=O)OCc2ccc(NC(=O)[C@H](CCCN=C(N)N)NC(=O)[C@@H](NC(=O)CCC(=O)C(C)C)C(C)C)cc2)C(=O)OCc2c1cc1n(c2=O)Cc2c-1nc1cc3c(cc1c2C1CCC1)OCO3. The van der Waals surface area contributed by atoms with Crippen LogP contribution in [0.3, 0.4) is 0 Å². The normalized spacial score (nSPS) is 17.3.